The van der Waals surface area contributed by atoms with Crippen LogP contribution in [0.2, 0.25) is 0 Å². The summed E-state index contributed by atoms with van der Waals surface area (Å²) in [6, 6.07) is 12.6. The summed E-state index contributed by atoms with van der Waals surface area (Å²) in [6.07, 6.45) is 0. The zero-order chi connectivity index (χ0) is 15.4. The topological polar surface area (TPSA) is 50.1 Å². The van der Waals surface area contributed by atoms with Gasteiger partial charge in [-0.2, -0.15) is 5.26 Å². The molecule has 0 aromatic heterocycles. The molecule has 0 spiro atoms. The molecule has 0 radical (unpaired) electrons. The van der Waals surface area contributed by atoms with Crippen molar-refractivity contribution in [1.82, 2.24) is 0 Å². The number of nitriles is 1. The van der Waals surface area contributed by atoms with Crippen molar-refractivity contribution in [2.24, 2.45) is 0 Å². The van der Waals surface area contributed by atoms with Gasteiger partial charge in [0.2, 0.25) is 0 Å². The number of carbonyl (C=O) groups is 1. The molecular weight excluding hydrogens is 337 g/mol. The molecule has 2 aromatic rings. The van der Waals surface area contributed by atoms with Gasteiger partial charge in [-0.15, -0.1) is 0 Å². The lowest BCUT2D eigenvalue weighted by molar-refractivity contribution is 0.0978. The van der Waals surface area contributed by atoms with E-state index in [4.69, 9.17) is 4.74 Å². The van der Waals surface area contributed by atoms with Crippen LogP contribution in [0, 0.1) is 17.1 Å². The zero-order valence-electron chi connectivity index (χ0n) is 11.1. The smallest absolute Gasteiger partial charge is 0.184 e. The fourth-order valence-corrected chi connectivity index (χ4v) is 2.43. The largest absolute Gasteiger partial charge is 0.497 e. The number of ketones is 1. The third kappa shape index (κ3) is 3.47. The van der Waals surface area contributed by atoms with Crippen molar-refractivity contribution in [3.8, 4) is 11.8 Å². The quantitative estimate of drug-likeness (QED) is 0.782. The Morgan fingerprint density at radius 2 is 2.10 bits per heavy atom. The summed E-state index contributed by atoms with van der Waals surface area (Å²) in [5, 5.41) is 9.30. The van der Waals surface area contributed by atoms with E-state index >= 15 is 0 Å². The van der Waals surface area contributed by atoms with Crippen LogP contribution in [0.25, 0.3) is 0 Å². The molecule has 0 saturated heterocycles. The number of nitrogens with zero attached hydrogens (tertiary/aromatic N) is 1. The lowest BCUT2D eigenvalue weighted by atomic mass is 9.92. The van der Waals surface area contributed by atoms with Crippen molar-refractivity contribution in [2.75, 3.05) is 7.11 Å². The molecule has 3 nitrogen and oxygen atoms in total. The molecule has 1 unspecified atom stereocenters. The van der Waals surface area contributed by atoms with Crippen LogP contribution in [0.4, 0.5) is 4.39 Å². The van der Waals surface area contributed by atoms with Crippen molar-refractivity contribution >= 4 is 21.7 Å². The summed E-state index contributed by atoms with van der Waals surface area (Å²) < 4.78 is 18.9. The van der Waals surface area contributed by atoms with E-state index in [9.17, 15) is 14.4 Å². The first-order valence-electron chi connectivity index (χ1n) is 6.09. The molecule has 0 amide bonds. The summed E-state index contributed by atoms with van der Waals surface area (Å²) in [5.74, 6) is -1.43. The van der Waals surface area contributed by atoms with Crippen LogP contribution in [0.1, 0.15) is 21.8 Å². The molecule has 0 aliphatic rings. The first-order chi connectivity index (χ1) is 10.0. The van der Waals surface area contributed by atoms with Gasteiger partial charge in [-0.25, -0.2) is 4.39 Å². The van der Waals surface area contributed by atoms with E-state index in [0.29, 0.717) is 15.8 Å². The van der Waals surface area contributed by atoms with Gasteiger partial charge in [-0.3, -0.25) is 4.79 Å². The standard InChI is InChI=1S/C16H11BrFNO2/c1-21-14-4-2-3-10(7-14)15(9-19)16(20)11-5-12(17)8-13(18)6-11/h2-8,15H,1H3. The molecule has 21 heavy (non-hydrogen) atoms. The Hall–Kier alpha value is -2.19. The highest BCUT2D eigenvalue weighted by atomic mass is 79.9. The maximum atomic E-state index is 13.4. The zero-order valence-corrected chi connectivity index (χ0v) is 12.7. The van der Waals surface area contributed by atoms with Crippen molar-refractivity contribution in [3.63, 3.8) is 0 Å². The highest BCUT2D eigenvalue weighted by Gasteiger charge is 2.23. The van der Waals surface area contributed by atoms with Crippen molar-refractivity contribution < 1.29 is 13.9 Å². The molecule has 0 aliphatic carbocycles. The Morgan fingerprint density at radius 3 is 2.71 bits per heavy atom. The number of benzene rings is 2. The Morgan fingerprint density at radius 1 is 1.33 bits per heavy atom. The van der Waals surface area contributed by atoms with Gasteiger partial charge in [0.05, 0.1) is 13.2 Å². The number of rotatable bonds is 4. The van der Waals surface area contributed by atoms with Gasteiger partial charge in [0.1, 0.15) is 17.5 Å². The molecule has 0 N–H and O–H groups in total. The highest BCUT2D eigenvalue weighted by molar-refractivity contribution is 9.10. The molecular formula is C16H11BrFNO2. The molecule has 0 saturated carbocycles. The van der Waals surface area contributed by atoms with E-state index in [-0.39, 0.29) is 5.56 Å². The SMILES string of the molecule is COc1cccc(C(C#N)C(=O)c2cc(F)cc(Br)c2)c1. The fraction of sp³-hybridized carbons (Fsp3) is 0.125. The minimum Gasteiger partial charge on any atom is -0.497 e. The second-order valence-corrected chi connectivity index (χ2v) is 5.28. The highest BCUT2D eigenvalue weighted by Crippen LogP contribution is 2.25. The summed E-state index contributed by atoms with van der Waals surface area (Å²) in [7, 11) is 1.51. The molecule has 106 valence electrons. The number of Topliss-reactive ketones (excluding diaryl/α,β-unsaturated/α-hetero) is 1. The average Bonchev–Trinajstić information content (AvgIpc) is 2.47. The Kier molecular flexibility index (Phi) is 4.71. The lowest BCUT2D eigenvalue weighted by Crippen LogP contribution is -2.11. The Labute approximate surface area is 130 Å². The van der Waals surface area contributed by atoms with Gasteiger partial charge in [0.15, 0.2) is 5.78 Å². The maximum Gasteiger partial charge on any atom is 0.184 e. The predicted molar refractivity (Wildman–Crippen MR) is 79.8 cm³/mol. The molecule has 1 atom stereocenters. The average molecular weight is 348 g/mol. The lowest BCUT2D eigenvalue weighted by Gasteiger charge is -2.10. The normalized spacial score (nSPS) is 11.5. The molecule has 0 fully saturated rings. The molecule has 0 heterocycles. The number of ether oxygens (including phenoxy) is 1. The van der Waals surface area contributed by atoms with Gasteiger partial charge < -0.3 is 4.74 Å². The van der Waals surface area contributed by atoms with Crippen LogP contribution in [0.15, 0.2) is 46.9 Å². The van der Waals surface area contributed by atoms with Crippen LogP contribution in [-0.2, 0) is 0 Å². The van der Waals surface area contributed by atoms with Crippen LogP contribution in [0.5, 0.6) is 5.75 Å². The predicted octanol–water partition coefficient (Wildman–Crippen LogP) is 4.09. The van der Waals surface area contributed by atoms with Crippen molar-refractivity contribution in [2.45, 2.75) is 5.92 Å². The van der Waals surface area contributed by atoms with Gasteiger partial charge in [-0.1, -0.05) is 28.1 Å². The fourth-order valence-electron chi connectivity index (χ4n) is 1.97. The van der Waals surface area contributed by atoms with Crippen LogP contribution < -0.4 is 4.74 Å². The second-order valence-electron chi connectivity index (χ2n) is 4.36. The third-order valence-electron chi connectivity index (χ3n) is 2.97. The molecule has 5 heteroatoms. The number of hydrogen-bond donors (Lipinski definition) is 0. The Bertz CT molecular complexity index is 704. The van der Waals surface area contributed by atoms with Crippen LogP contribution in [0.3, 0.4) is 0 Å². The minimum atomic E-state index is -1.01. The van der Waals surface area contributed by atoms with Gasteiger partial charge in [-0.05, 0) is 35.9 Å². The van der Waals surface area contributed by atoms with Crippen LogP contribution in [-0.4, -0.2) is 12.9 Å². The molecule has 0 bridgehead atoms. The third-order valence-corrected chi connectivity index (χ3v) is 3.42. The first kappa shape index (κ1) is 15.2. The van der Waals surface area contributed by atoms with Crippen molar-refractivity contribution in [3.05, 3.63) is 63.9 Å². The number of carbonyl (C=O) groups excluding carboxylic acids is 1. The summed E-state index contributed by atoms with van der Waals surface area (Å²) >= 11 is 3.14. The molecule has 0 aliphatic heterocycles. The monoisotopic (exact) mass is 347 g/mol. The summed E-state index contributed by atoms with van der Waals surface area (Å²) in [4.78, 5) is 12.4. The van der Waals surface area contributed by atoms with E-state index in [1.54, 1.807) is 24.3 Å². The van der Waals surface area contributed by atoms with Crippen LogP contribution >= 0.6 is 15.9 Å². The maximum absolute atomic E-state index is 13.4. The number of hydrogen-bond acceptors (Lipinski definition) is 3. The number of methoxy groups -OCH3 is 1. The summed E-state index contributed by atoms with van der Waals surface area (Å²) in [5.41, 5.74) is 0.665. The van der Waals surface area contributed by atoms with Crippen molar-refractivity contribution in [1.29, 1.82) is 5.26 Å². The minimum absolute atomic E-state index is 0.149. The number of halogens is 2. The van der Waals surface area contributed by atoms with E-state index < -0.39 is 17.5 Å². The second kappa shape index (κ2) is 6.51. The molecule has 2 rings (SSSR count). The van der Waals surface area contributed by atoms with Gasteiger partial charge in [0, 0.05) is 10.0 Å². The van der Waals surface area contributed by atoms with E-state index in [2.05, 4.69) is 15.9 Å². The van der Waals surface area contributed by atoms with Gasteiger partial charge >= 0.3 is 0 Å². The Balaban J connectivity index is 2.41. The molecule has 2 aromatic carbocycles. The van der Waals surface area contributed by atoms with E-state index in [0.717, 1.165) is 6.07 Å². The first-order valence-corrected chi connectivity index (χ1v) is 6.88. The van der Waals surface area contributed by atoms with Gasteiger partial charge in [0.25, 0.3) is 0 Å². The van der Waals surface area contributed by atoms with E-state index in [1.165, 1.54) is 19.2 Å². The van der Waals surface area contributed by atoms with E-state index in [1.807, 2.05) is 6.07 Å². The summed E-state index contributed by atoms with van der Waals surface area (Å²) in [6.45, 7) is 0.